The van der Waals surface area contributed by atoms with Gasteiger partial charge in [0.1, 0.15) is 17.6 Å². The van der Waals surface area contributed by atoms with E-state index in [0.29, 0.717) is 32.1 Å². The van der Waals surface area contributed by atoms with Crippen molar-refractivity contribution < 1.29 is 9.21 Å². The molecule has 0 aliphatic carbocycles. The molecule has 1 unspecified atom stereocenters. The number of aryl methyl sites for hydroxylation is 1. The van der Waals surface area contributed by atoms with E-state index in [2.05, 4.69) is 24.8 Å². The minimum atomic E-state index is -0.0629. The molecule has 132 valence electrons. The van der Waals surface area contributed by atoms with E-state index in [1.165, 1.54) is 0 Å². The van der Waals surface area contributed by atoms with E-state index in [-0.39, 0.29) is 11.9 Å². The van der Waals surface area contributed by atoms with Gasteiger partial charge in [-0.05, 0) is 32.0 Å². The average Bonchev–Trinajstić information content (AvgIpc) is 2.93. The maximum Gasteiger partial charge on any atom is 0.236 e. The maximum absolute atomic E-state index is 12.5. The zero-order valence-electron chi connectivity index (χ0n) is 15.2. The van der Waals surface area contributed by atoms with Crippen LogP contribution in [0, 0.1) is 24.2 Å². The van der Waals surface area contributed by atoms with Gasteiger partial charge in [0.2, 0.25) is 5.91 Å². The molecule has 1 amide bonds. The van der Waals surface area contributed by atoms with Crippen molar-refractivity contribution in [3.05, 3.63) is 23.7 Å². The molecule has 2 heterocycles. The minimum absolute atomic E-state index is 0.0629. The van der Waals surface area contributed by atoms with E-state index in [1.807, 2.05) is 35.9 Å². The van der Waals surface area contributed by atoms with Gasteiger partial charge < -0.3 is 9.32 Å². The summed E-state index contributed by atoms with van der Waals surface area (Å²) in [5, 5.41) is 9.30. The Bertz CT molecular complexity index is 582. The molecular formula is C18H28N4O2. The number of amides is 1. The number of furan rings is 1. The standard InChI is InChI=1S/C18H28N4O2/c1-14(2)17(11-19)21-7-9-22(10-8-21)18(23)13-20(4)12-16-6-5-15(3)24-16/h5-6,14,17H,7-10,12-13H2,1-4H3. The summed E-state index contributed by atoms with van der Waals surface area (Å²) in [5.74, 6) is 2.21. The molecular weight excluding hydrogens is 304 g/mol. The summed E-state index contributed by atoms with van der Waals surface area (Å²) < 4.78 is 5.55. The van der Waals surface area contributed by atoms with E-state index in [4.69, 9.17) is 4.42 Å². The zero-order chi connectivity index (χ0) is 17.7. The van der Waals surface area contributed by atoms with Crippen molar-refractivity contribution in [1.82, 2.24) is 14.7 Å². The van der Waals surface area contributed by atoms with Crippen molar-refractivity contribution in [2.75, 3.05) is 39.8 Å². The third-order valence-corrected chi connectivity index (χ3v) is 4.45. The largest absolute Gasteiger partial charge is 0.465 e. The molecule has 0 radical (unpaired) electrons. The fraction of sp³-hybridized carbons (Fsp3) is 0.667. The molecule has 1 aromatic rings. The summed E-state index contributed by atoms with van der Waals surface area (Å²) in [4.78, 5) is 18.5. The predicted octanol–water partition coefficient (Wildman–Crippen LogP) is 1.71. The van der Waals surface area contributed by atoms with Crippen molar-refractivity contribution in [3.8, 4) is 6.07 Å². The first-order chi connectivity index (χ1) is 11.4. The van der Waals surface area contributed by atoms with Gasteiger partial charge in [-0.3, -0.25) is 14.6 Å². The molecule has 1 aromatic heterocycles. The lowest BCUT2D eigenvalue weighted by Crippen LogP contribution is -2.54. The number of hydrogen-bond acceptors (Lipinski definition) is 5. The van der Waals surface area contributed by atoms with Gasteiger partial charge in [0.15, 0.2) is 0 Å². The van der Waals surface area contributed by atoms with Gasteiger partial charge in [-0.2, -0.15) is 5.26 Å². The smallest absolute Gasteiger partial charge is 0.236 e. The Kier molecular flexibility index (Phi) is 6.41. The van der Waals surface area contributed by atoms with E-state index in [0.717, 1.165) is 24.6 Å². The Balaban J connectivity index is 1.79. The van der Waals surface area contributed by atoms with Crippen molar-refractivity contribution >= 4 is 5.91 Å². The van der Waals surface area contributed by atoms with Crippen LogP contribution in [0.2, 0.25) is 0 Å². The Labute approximate surface area is 144 Å². The van der Waals surface area contributed by atoms with Crippen LogP contribution < -0.4 is 0 Å². The first-order valence-electron chi connectivity index (χ1n) is 8.56. The molecule has 6 heteroatoms. The van der Waals surface area contributed by atoms with Gasteiger partial charge in [0.05, 0.1) is 19.2 Å². The van der Waals surface area contributed by atoms with E-state index in [1.54, 1.807) is 0 Å². The Morgan fingerprint density at radius 3 is 2.50 bits per heavy atom. The molecule has 0 aromatic carbocycles. The highest BCUT2D eigenvalue weighted by atomic mass is 16.3. The normalized spacial score (nSPS) is 17.3. The highest BCUT2D eigenvalue weighted by Crippen LogP contribution is 2.14. The number of nitriles is 1. The fourth-order valence-electron chi connectivity index (χ4n) is 3.12. The van der Waals surface area contributed by atoms with Crippen molar-refractivity contribution in [2.45, 2.75) is 33.4 Å². The number of rotatable bonds is 6. The monoisotopic (exact) mass is 332 g/mol. The zero-order valence-corrected chi connectivity index (χ0v) is 15.2. The number of nitrogens with zero attached hydrogens (tertiary/aromatic N) is 4. The second kappa shape index (κ2) is 8.32. The van der Waals surface area contributed by atoms with Crippen molar-refractivity contribution in [3.63, 3.8) is 0 Å². The highest BCUT2D eigenvalue weighted by Gasteiger charge is 2.27. The van der Waals surface area contributed by atoms with Crippen molar-refractivity contribution in [2.24, 2.45) is 5.92 Å². The van der Waals surface area contributed by atoms with Gasteiger partial charge >= 0.3 is 0 Å². The average molecular weight is 332 g/mol. The van der Waals surface area contributed by atoms with Crippen LogP contribution in [0.4, 0.5) is 0 Å². The van der Waals surface area contributed by atoms with Crippen LogP contribution in [0.15, 0.2) is 16.5 Å². The van der Waals surface area contributed by atoms with Crippen LogP contribution in [-0.2, 0) is 11.3 Å². The molecule has 1 saturated heterocycles. The number of piperazine rings is 1. The summed E-state index contributed by atoms with van der Waals surface area (Å²) in [6, 6.07) is 6.20. The van der Waals surface area contributed by atoms with E-state index >= 15 is 0 Å². The maximum atomic E-state index is 12.5. The van der Waals surface area contributed by atoms with Crippen LogP contribution in [0.1, 0.15) is 25.4 Å². The van der Waals surface area contributed by atoms with Gasteiger partial charge in [0, 0.05) is 26.2 Å². The first kappa shape index (κ1) is 18.5. The topological polar surface area (TPSA) is 63.7 Å². The predicted molar refractivity (Wildman–Crippen MR) is 92.2 cm³/mol. The second-order valence-electron chi connectivity index (χ2n) is 6.92. The van der Waals surface area contributed by atoms with Crippen LogP contribution in [-0.4, -0.2) is 66.4 Å². The third-order valence-electron chi connectivity index (χ3n) is 4.45. The molecule has 0 saturated carbocycles. The fourth-order valence-corrected chi connectivity index (χ4v) is 3.12. The number of carbonyl (C=O) groups excluding carboxylic acids is 1. The summed E-state index contributed by atoms with van der Waals surface area (Å²) in [5.41, 5.74) is 0. The van der Waals surface area contributed by atoms with Gasteiger partial charge in [0.25, 0.3) is 0 Å². The third kappa shape index (κ3) is 4.83. The molecule has 1 aliphatic heterocycles. The molecule has 1 fully saturated rings. The molecule has 1 aliphatic rings. The van der Waals surface area contributed by atoms with E-state index < -0.39 is 0 Å². The lowest BCUT2D eigenvalue weighted by Gasteiger charge is -2.38. The van der Waals surface area contributed by atoms with Crippen LogP contribution in [0.3, 0.4) is 0 Å². The molecule has 0 spiro atoms. The van der Waals surface area contributed by atoms with Gasteiger partial charge in [-0.25, -0.2) is 0 Å². The Morgan fingerprint density at radius 1 is 1.33 bits per heavy atom. The SMILES string of the molecule is Cc1ccc(CN(C)CC(=O)N2CCN(C(C#N)C(C)C)CC2)o1. The van der Waals surface area contributed by atoms with E-state index in [9.17, 15) is 10.1 Å². The molecule has 24 heavy (non-hydrogen) atoms. The summed E-state index contributed by atoms with van der Waals surface area (Å²) in [6.45, 7) is 9.98. The number of likely N-dealkylation sites (N-methyl/N-ethyl adjacent to an activating group) is 1. The molecule has 2 rings (SSSR count). The van der Waals surface area contributed by atoms with Gasteiger partial charge in [-0.1, -0.05) is 13.8 Å². The lowest BCUT2D eigenvalue weighted by atomic mass is 10.0. The first-order valence-corrected chi connectivity index (χ1v) is 8.56. The van der Waals surface area contributed by atoms with Gasteiger partial charge in [-0.15, -0.1) is 0 Å². The molecule has 0 bridgehead atoms. The highest BCUT2D eigenvalue weighted by molar-refractivity contribution is 5.78. The quantitative estimate of drug-likeness (QED) is 0.793. The number of carbonyl (C=O) groups is 1. The molecule has 0 N–H and O–H groups in total. The summed E-state index contributed by atoms with van der Waals surface area (Å²) in [7, 11) is 1.93. The molecule has 6 nitrogen and oxygen atoms in total. The summed E-state index contributed by atoms with van der Waals surface area (Å²) >= 11 is 0. The van der Waals surface area contributed by atoms with Crippen LogP contribution in [0.5, 0.6) is 0 Å². The number of hydrogen-bond donors (Lipinski definition) is 0. The summed E-state index contributed by atoms with van der Waals surface area (Å²) in [6.07, 6.45) is 0. The minimum Gasteiger partial charge on any atom is -0.465 e. The lowest BCUT2D eigenvalue weighted by molar-refractivity contribution is -0.134. The molecule has 1 atom stereocenters. The van der Waals surface area contributed by atoms with Crippen LogP contribution >= 0.6 is 0 Å². The second-order valence-corrected chi connectivity index (χ2v) is 6.92. The van der Waals surface area contributed by atoms with Crippen LogP contribution in [0.25, 0.3) is 0 Å². The van der Waals surface area contributed by atoms with Crippen molar-refractivity contribution in [1.29, 1.82) is 5.26 Å². The Morgan fingerprint density at radius 2 is 2.00 bits per heavy atom. The Hall–Kier alpha value is -1.84.